The summed E-state index contributed by atoms with van der Waals surface area (Å²) in [5.74, 6) is 1.15. The lowest BCUT2D eigenvalue weighted by atomic mass is 9.72. The first-order valence-corrected chi connectivity index (χ1v) is 13.1. The molecule has 2 atom stereocenters. The lowest BCUT2D eigenvalue weighted by Crippen LogP contribution is -2.46. The molecular formula is C26H30N4OS2. The second-order valence-corrected chi connectivity index (χ2v) is 11.2. The standard InChI is InChI=1S/C26H30N4OS2/c1-5-18-14-19(26(33-18)32-6-2)23-20(15-27)25(28)30(29(3)4)21-12-17(13-22(31)24(21)23)16-10-8-7-9-11-16/h7-11,14,17,23H,5-6,12-13,28H2,1-4H3/t17-,23-/m0/s1. The van der Waals surface area contributed by atoms with E-state index in [0.717, 1.165) is 34.6 Å². The summed E-state index contributed by atoms with van der Waals surface area (Å²) in [7, 11) is 3.81. The molecular weight excluding hydrogens is 448 g/mol. The van der Waals surface area contributed by atoms with Gasteiger partial charge in [-0.25, -0.2) is 5.01 Å². The third kappa shape index (κ3) is 4.23. The number of allylic oxidation sites excluding steroid dienone is 3. The van der Waals surface area contributed by atoms with Gasteiger partial charge in [-0.15, -0.1) is 23.1 Å². The van der Waals surface area contributed by atoms with Crippen LogP contribution >= 0.6 is 23.1 Å². The number of ketones is 1. The number of carbonyl (C=O) groups excluding carboxylic acids is 1. The topological polar surface area (TPSA) is 73.4 Å². The highest BCUT2D eigenvalue weighted by Crippen LogP contribution is 2.51. The molecule has 0 fully saturated rings. The van der Waals surface area contributed by atoms with Crippen LogP contribution in [0.3, 0.4) is 0 Å². The molecule has 2 heterocycles. The molecule has 2 N–H and O–H groups in total. The lowest BCUT2D eigenvalue weighted by molar-refractivity contribution is -0.117. The van der Waals surface area contributed by atoms with Gasteiger partial charge in [-0.1, -0.05) is 44.2 Å². The highest BCUT2D eigenvalue weighted by molar-refractivity contribution is 8.01. The van der Waals surface area contributed by atoms with Crippen LogP contribution < -0.4 is 5.73 Å². The molecule has 1 aromatic carbocycles. The molecule has 0 radical (unpaired) electrons. The van der Waals surface area contributed by atoms with Gasteiger partial charge in [0, 0.05) is 36.7 Å². The number of aryl methyl sites for hydroxylation is 1. The maximum absolute atomic E-state index is 13.8. The van der Waals surface area contributed by atoms with Crippen molar-refractivity contribution in [3.05, 3.63) is 75.1 Å². The number of rotatable bonds is 6. The van der Waals surface area contributed by atoms with Crippen molar-refractivity contribution >= 4 is 28.9 Å². The normalized spacial score (nSPS) is 21.0. The van der Waals surface area contributed by atoms with E-state index in [9.17, 15) is 10.1 Å². The highest BCUT2D eigenvalue weighted by atomic mass is 32.2. The van der Waals surface area contributed by atoms with Crippen molar-refractivity contribution < 1.29 is 4.79 Å². The Morgan fingerprint density at radius 1 is 1.24 bits per heavy atom. The van der Waals surface area contributed by atoms with Gasteiger partial charge in [0.2, 0.25) is 0 Å². The number of nitrogens with zero attached hydrogens (tertiary/aromatic N) is 3. The summed E-state index contributed by atoms with van der Waals surface area (Å²) in [6.07, 6.45) is 2.08. The number of hydrazine groups is 1. The van der Waals surface area contributed by atoms with Gasteiger partial charge in [0.15, 0.2) is 5.78 Å². The molecule has 4 rings (SSSR count). The fourth-order valence-corrected chi connectivity index (χ4v) is 7.28. The van der Waals surface area contributed by atoms with Gasteiger partial charge >= 0.3 is 0 Å². The number of thioether (sulfide) groups is 1. The van der Waals surface area contributed by atoms with Gasteiger partial charge in [0.05, 0.1) is 21.8 Å². The average Bonchev–Trinajstić information content (AvgIpc) is 3.21. The van der Waals surface area contributed by atoms with Crippen molar-refractivity contribution in [2.45, 2.75) is 49.2 Å². The zero-order valence-electron chi connectivity index (χ0n) is 19.6. The molecule has 33 heavy (non-hydrogen) atoms. The van der Waals surface area contributed by atoms with Crippen molar-refractivity contribution in [3.8, 4) is 6.07 Å². The van der Waals surface area contributed by atoms with E-state index in [1.165, 1.54) is 9.09 Å². The van der Waals surface area contributed by atoms with Crippen LogP contribution in [0.1, 0.15) is 54.5 Å². The molecule has 7 heteroatoms. The van der Waals surface area contributed by atoms with Gasteiger partial charge < -0.3 is 5.73 Å². The molecule has 2 aliphatic rings. The van der Waals surface area contributed by atoms with Crippen molar-refractivity contribution in [1.82, 2.24) is 10.0 Å². The number of carbonyl (C=O) groups is 1. The van der Waals surface area contributed by atoms with E-state index in [1.54, 1.807) is 23.1 Å². The molecule has 0 saturated carbocycles. The SMILES string of the molecule is CCSc1sc(CC)cc1[C@H]1C(C#N)=C(N)N(N(C)C)C2=C1C(=O)C[C@@H](c1ccccc1)C2. The number of hydrogen-bond acceptors (Lipinski definition) is 7. The summed E-state index contributed by atoms with van der Waals surface area (Å²) >= 11 is 3.55. The van der Waals surface area contributed by atoms with E-state index in [0.29, 0.717) is 24.2 Å². The number of thiophene rings is 1. The van der Waals surface area contributed by atoms with Crippen molar-refractivity contribution in [1.29, 1.82) is 5.26 Å². The van der Waals surface area contributed by atoms with E-state index >= 15 is 0 Å². The van der Waals surface area contributed by atoms with E-state index in [1.807, 2.05) is 42.3 Å². The quantitative estimate of drug-likeness (QED) is 0.561. The van der Waals surface area contributed by atoms with Gasteiger partial charge in [-0.2, -0.15) is 5.26 Å². The van der Waals surface area contributed by atoms with Crippen molar-refractivity contribution in [2.75, 3.05) is 19.8 Å². The largest absolute Gasteiger partial charge is 0.383 e. The monoisotopic (exact) mass is 478 g/mol. The minimum absolute atomic E-state index is 0.0927. The molecule has 2 aromatic rings. The smallest absolute Gasteiger partial charge is 0.162 e. The molecule has 0 bridgehead atoms. The summed E-state index contributed by atoms with van der Waals surface area (Å²) in [6.45, 7) is 4.27. The molecule has 172 valence electrons. The van der Waals surface area contributed by atoms with Crippen LogP contribution in [0.25, 0.3) is 0 Å². The van der Waals surface area contributed by atoms with Gasteiger partial charge in [-0.05, 0) is 41.7 Å². The minimum Gasteiger partial charge on any atom is -0.383 e. The fourth-order valence-electron chi connectivity index (χ4n) is 4.90. The first-order valence-electron chi connectivity index (χ1n) is 11.3. The molecule has 5 nitrogen and oxygen atoms in total. The maximum Gasteiger partial charge on any atom is 0.162 e. The Labute approximate surface area is 204 Å². The lowest BCUT2D eigenvalue weighted by Gasteiger charge is -2.43. The Morgan fingerprint density at radius 2 is 1.97 bits per heavy atom. The molecule has 0 amide bonds. The summed E-state index contributed by atoms with van der Waals surface area (Å²) < 4.78 is 1.18. The second-order valence-electron chi connectivity index (χ2n) is 8.54. The number of Topliss-reactive ketones (excluding diaryl/α,β-unsaturated/α-hetero) is 1. The number of nitrogens with two attached hydrogens (primary N) is 1. The Morgan fingerprint density at radius 3 is 2.58 bits per heavy atom. The van der Waals surface area contributed by atoms with E-state index in [4.69, 9.17) is 5.73 Å². The Hall–Kier alpha value is -2.53. The van der Waals surface area contributed by atoms with E-state index in [-0.39, 0.29) is 11.7 Å². The van der Waals surface area contributed by atoms with E-state index in [2.05, 4.69) is 38.1 Å². The fraction of sp³-hybridized carbons (Fsp3) is 0.385. The molecule has 0 saturated heterocycles. The van der Waals surface area contributed by atoms with Gasteiger partial charge in [0.25, 0.3) is 0 Å². The van der Waals surface area contributed by atoms with Crippen LogP contribution in [-0.4, -0.2) is 35.6 Å². The summed E-state index contributed by atoms with van der Waals surface area (Å²) in [5, 5.41) is 14.0. The zero-order valence-corrected chi connectivity index (χ0v) is 21.2. The van der Waals surface area contributed by atoms with E-state index < -0.39 is 5.92 Å². The molecule has 0 spiro atoms. The van der Waals surface area contributed by atoms with Gasteiger partial charge in [-0.3, -0.25) is 9.80 Å². The van der Waals surface area contributed by atoms with Crippen LogP contribution in [0, 0.1) is 11.3 Å². The molecule has 0 unspecified atom stereocenters. The minimum atomic E-state index is -0.406. The number of hydrogen-bond donors (Lipinski definition) is 1. The van der Waals surface area contributed by atoms with Gasteiger partial charge in [0.1, 0.15) is 5.82 Å². The Kier molecular flexibility index (Phi) is 6.99. The van der Waals surface area contributed by atoms with Crippen molar-refractivity contribution in [3.63, 3.8) is 0 Å². The third-order valence-electron chi connectivity index (χ3n) is 6.32. The Balaban J connectivity index is 1.92. The maximum atomic E-state index is 13.8. The third-order valence-corrected chi connectivity index (χ3v) is 8.80. The Bertz CT molecular complexity index is 1160. The molecule has 1 aliphatic carbocycles. The number of benzene rings is 1. The first-order chi connectivity index (χ1) is 15.9. The first kappa shape index (κ1) is 23.6. The highest BCUT2D eigenvalue weighted by Gasteiger charge is 2.44. The predicted octanol–water partition coefficient (Wildman–Crippen LogP) is 5.39. The van der Waals surface area contributed by atoms with Crippen LogP contribution in [0.4, 0.5) is 0 Å². The van der Waals surface area contributed by atoms with Crippen LogP contribution in [-0.2, 0) is 11.2 Å². The van der Waals surface area contributed by atoms with Crippen LogP contribution in [0.5, 0.6) is 0 Å². The van der Waals surface area contributed by atoms with Crippen molar-refractivity contribution in [2.24, 2.45) is 5.73 Å². The molecule has 1 aliphatic heterocycles. The summed E-state index contributed by atoms with van der Waals surface area (Å²) in [6, 6.07) is 14.8. The molecule has 1 aromatic heterocycles. The summed E-state index contributed by atoms with van der Waals surface area (Å²) in [4.78, 5) is 15.1. The van der Waals surface area contributed by atoms with Crippen LogP contribution in [0.2, 0.25) is 0 Å². The summed E-state index contributed by atoms with van der Waals surface area (Å²) in [5.41, 5.74) is 11.0. The second kappa shape index (κ2) is 9.76. The number of nitriles is 1. The van der Waals surface area contributed by atoms with Crippen LogP contribution in [0.15, 0.2) is 63.3 Å². The average molecular weight is 479 g/mol. The zero-order chi connectivity index (χ0) is 23.7. The predicted molar refractivity (Wildman–Crippen MR) is 136 cm³/mol.